The lowest BCUT2D eigenvalue weighted by Crippen LogP contribution is -2.41. The van der Waals surface area contributed by atoms with Gasteiger partial charge in [-0.3, -0.25) is 9.59 Å². The second kappa shape index (κ2) is 6.59. The third-order valence-corrected chi connectivity index (χ3v) is 5.14. The fraction of sp³-hybridized carbons (Fsp3) is 0.400. The third-order valence-electron chi connectivity index (χ3n) is 5.14. The van der Waals surface area contributed by atoms with Gasteiger partial charge in [0.05, 0.1) is 24.4 Å². The van der Waals surface area contributed by atoms with Crippen LogP contribution < -0.4 is 4.90 Å². The van der Waals surface area contributed by atoms with Gasteiger partial charge in [-0.25, -0.2) is 4.39 Å². The van der Waals surface area contributed by atoms with Gasteiger partial charge in [-0.1, -0.05) is 6.07 Å². The Morgan fingerprint density at radius 2 is 2.23 bits per heavy atom. The van der Waals surface area contributed by atoms with Crippen molar-refractivity contribution in [1.82, 2.24) is 4.90 Å². The molecule has 6 heteroatoms. The zero-order chi connectivity index (χ0) is 18.3. The van der Waals surface area contributed by atoms with Crippen LogP contribution in [0.25, 0.3) is 0 Å². The number of hydrogen-bond acceptors (Lipinski definition) is 3. The fourth-order valence-electron chi connectivity index (χ4n) is 3.96. The molecule has 1 fully saturated rings. The van der Waals surface area contributed by atoms with Gasteiger partial charge in [0.15, 0.2) is 0 Å². The molecule has 5 nitrogen and oxygen atoms in total. The number of carbonyl (C=O) groups is 2. The smallest absolute Gasteiger partial charge is 0.232 e. The Kier molecular flexibility index (Phi) is 4.26. The van der Waals surface area contributed by atoms with Crippen LogP contribution in [0.4, 0.5) is 10.1 Å². The van der Waals surface area contributed by atoms with Crippen LogP contribution in [0, 0.1) is 18.7 Å². The predicted molar refractivity (Wildman–Crippen MR) is 94.0 cm³/mol. The molecule has 1 atom stereocenters. The summed E-state index contributed by atoms with van der Waals surface area (Å²) in [5.74, 6) is -0.337. The van der Waals surface area contributed by atoms with E-state index in [1.807, 2.05) is 13.0 Å². The first-order valence-electron chi connectivity index (χ1n) is 8.93. The first-order chi connectivity index (χ1) is 12.5. The summed E-state index contributed by atoms with van der Waals surface area (Å²) in [7, 11) is 0. The maximum absolute atomic E-state index is 14.6. The van der Waals surface area contributed by atoms with Crippen molar-refractivity contribution in [2.24, 2.45) is 5.92 Å². The normalized spacial score (nSPS) is 19.8. The summed E-state index contributed by atoms with van der Waals surface area (Å²) in [5, 5.41) is 0. The first kappa shape index (κ1) is 16.8. The van der Waals surface area contributed by atoms with Gasteiger partial charge in [-0.2, -0.15) is 0 Å². The molecule has 2 amide bonds. The minimum Gasteiger partial charge on any atom is -0.467 e. The standard InChI is InChI=1S/C20H21FN2O3/c1-13-8-14-4-2-6-23(19(14)17(21)9-13)20(25)15-10-18(24)22(11-15)12-16-5-3-7-26-16/h3,5,7-9,15H,2,4,6,10-12H2,1H3. The molecule has 1 aromatic carbocycles. The van der Waals surface area contributed by atoms with E-state index in [9.17, 15) is 14.0 Å². The molecule has 0 aliphatic carbocycles. The molecular weight excluding hydrogens is 335 g/mol. The molecule has 4 rings (SSSR count). The molecule has 0 bridgehead atoms. The number of fused-ring (bicyclic) bond motifs is 1. The van der Waals surface area contributed by atoms with Crippen LogP contribution in [-0.4, -0.2) is 29.8 Å². The number of anilines is 1. The molecule has 136 valence electrons. The molecule has 2 aromatic rings. The van der Waals surface area contributed by atoms with Crippen molar-refractivity contribution in [3.63, 3.8) is 0 Å². The number of halogens is 1. The number of benzene rings is 1. The zero-order valence-electron chi connectivity index (χ0n) is 14.7. The lowest BCUT2D eigenvalue weighted by molar-refractivity contribution is -0.129. The van der Waals surface area contributed by atoms with Gasteiger partial charge in [0, 0.05) is 19.5 Å². The molecule has 0 saturated carbocycles. The molecular formula is C20H21FN2O3. The average Bonchev–Trinajstić information content (AvgIpc) is 3.24. The first-order valence-corrected chi connectivity index (χ1v) is 8.93. The Morgan fingerprint density at radius 1 is 1.38 bits per heavy atom. The zero-order valence-corrected chi connectivity index (χ0v) is 14.7. The number of amides is 2. The van der Waals surface area contributed by atoms with E-state index in [1.54, 1.807) is 28.2 Å². The van der Waals surface area contributed by atoms with Gasteiger partial charge in [0.1, 0.15) is 11.6 Å². The molecule has 1 unspecified atom stereocenters. The molecule has 1 saturated heterocycles. The lowest BCUT2D eigenvalue weighted by Gasteiger charge is -2.32. The van der Waals surface area contributed by atoms with E-state index in [0.29, 0.717) is 31.1 Å². The van der Waals surface area contributed by atoms with E-state index in [2.05, 4.69) is 0 Å². The van der Waals surface area contributed by atoms with E-state index < -0.39 is 5.92 Å². The van der Waals surface area contributed by atoms with Crippen LogP contribution in [0.5, 0.6) is 0 Å². The molecule has 0 spiro atoms. The maximum atomic E-state index is 14.6. The van der Waals surface area contributed by atoms with Crippen molar-refractivity contribution >= 4 is 17.5 Å². The maximum Gasteiger partial charge on any atom is 0.232 e. The highest BCUT2D eigenvalue weighted by Gasteiger charge is 2.38. The molecule has 0 radical (unpaired) electrons. The van der Waals surface area contributed by atoms with E-state index in [0.717, 1.165) is 24.0 Å². The lowest BCUT2D eigenvalue weighted by atomic mass is 9.97. The molecule has 1 aromatic heterocycles. The van der Waals surface area contributed by atoms with Crippen LogP contribution in [0.2, 0.25) is 0 Å². The number of rotatable bonds is 3. The van der Waals surface area contributed by atoms with E-state index in [-0.39, 0.29) is 24.1 Å². The Morgan fingerprint density at radius 3 is 3.00 bits per heavy atom. The Balaban J connectivity index is 1.53. The quantitative estimate of drug-likeness (QED) is 0.849. The monoisotopic (exact) mass is 356 g/mol. The van der Waals surface area contributed by atoms with Crippen molar-refractivity contribution in [1.29, 1.82) is 0 Å². The number of likely N-dealkylation sites (tertiary alicyclic amines) is 1. The second-order valence-corrected chi connectivity index (χ2v) is 7.10. The van der Waals surface area contributed by atoms with Gasteiger partial charge in [-0.05, 0) is 49.1 Å². The van der Waals surface area contributed by atoms with E-state index in [4.69, 9.17) is 4.42 Å². The largest absolute Gasteiger partial charge is 0.467 e. The predicted octanol–water partition coefficient (Wildman–Crippen LogP) is 3.06. The summed E-state index contributed by atoms with van der Waals surface area (Å²) >= 11 is 0. The van der Waals surface area contributed by atoms with Crippen molar-refractivity contribution in [3.05, 3.63) is 53.2 Å². The number of carbonyl (C=O) groups excluding carboxylic acids is 2. The second-order valence-electron chi connectivity index (χ2n) is 7.10. The summed E-state index contributed by atoms with van der Waals surface area (Å²) in [4.78, 5) is 28.5. The highest BCUT2D eigenvalue weighted by Crippen LogP contribution is 2.33. The van der Waals surface area contributed by atoms with Crippen LogP contribution >= 0.6 is 0 Å². The van der Waals surface area contributed by atoms with Crippen LogP contribution in [0.3, 0.4) is 0 Å². The Labute approximate surface area is 151 Å². The van der Waals surface area contributed by atoms with Crippen molar-refractivity contribution in [3.8, 4) is 0 Å². The molecule has 0 N–H and O–H groups in total. The average molecular weight is 356 g/mol. The van der Waals surface area contributed by atoms with Gasteiger partial charge in [0.25, 0.3) is 0 Å². The van der Waals surface area contributed by atoms with Gasteiger partial charge < -0.3 is 14.2 Å². The highest BCUT2D eigenvalue weighted by molar-refractivity contribution is 6.00. The SMILES string of the molecule is Cc1cc(F)c2c(c1)CCCN2C(=O)C1CC(=O)N(Cc2ccco2)C1. The summed E-state index contributed by atoms with van der Waals surface area (Å²) in [6.07, 6.45) is 3.30. The van der Waals surface area contributed by atoms with Crippen LogP contribution in [0.1, 0.15) is 29.7 Å². The molecule has 2 aliphatic heterocycles. The minimum absolute atomic E-state index is 0.0682. The van der Waals surface area contributed by atoms with Crippen molar-refractivity contribution in [2.75, 3.05) is 18.0 Å². The van der Waals surface area contributed by atoms with Crippen molar-refractivity contribution in [2.45, 2.75) is 32.7 Å². The topological polar surface area (TPSA) is 53.8 Å². The number of aryl methyl sites for hydroxylation is 2. The summed E-state index contributed by atoms with van der Waals surface area (Å²) in [6, 6.07) is 6.99. The Bertz CT molecular complexity index is 847. The molecule has 26 heavy (non-hydrogen) atoms. The minimum atomic E-state index is -0.441. The van der Waals surface area contributed by atoms with Crippen LogP contribution in [0.15, 0.2) is 34.9 Å². The highest BCUT2D eigenvalue weighted by atomic mass is 19.1. The number of hydrogen-bond donors (Lipinski definition) is 0. The summed E-state index contributed by atoms with van der Waals surface area (Å²) in [5.41, 5.74) is 2.12. The third kappa shape index (κ3) is 3.00. The number of nitrogens with zero attached hydrogens (tertiary/aromatic N) is 2. The fourth-order valence-corrected chi connectivity index (χ4v) is 3.96. The summed E-state index contributed by atoms with van der Waals surface area (Å²) < 4.78 is 19.8. The molecule has 2 aliphatic rings. The molecule has 3 heterocycles. The Hall–Kier alpha value is -2.63. The van der Waals surface area contributed by atoms with Gasteiger partial charge in [0.2, 0.25) is 11.8 Å². The van der Waals surface area contributed by atoms with Crippen molar-refractivity contribution < 1.29 is 18.4 Å². The van der Waals surface area contributed by atoms with E-state index >= 15 is 0 Å². The van der Waals surface area contributed by atoms with Gasteiger partial charge in [-0.15, -0.1) is 0 Å². The summed E-state index contributed by atoms with van der Waals surface area (Å²) in [6.45, 7) is 3.05. The van der Waals surface area contributed by atoms with Crippen LogP contribution in [-0.2, 0) is 22.6 Å². The van der Waals surface area contributed by atoms with Gasteiger partial charge >= 0.3 is 0 Å². The number of furan rings is 1. The van der Waals surface area contributed by atoms with E-state index in [1.165, 1.54) is 6.07 Å².